The number of carbonyl (C=O) groups excluding carboxylic acids is 3. The lowest BCUT2D eigenvalue weighted by Crippen LogP contribution is -2.27. The molecule has 0 aliphatic heterocycles. The fourth-order valence-electron chi connectivity index (χ4n) is 3.21. The molecule has 3 aromatic carbocycles. The van der Waals surface area contributed by atoms with E-state index in [1.165, 1.54) is 24.3 Å². The van der Waals surface area contributed by atoms with Gasteiger partial charge in [-0.15, -0.1) is 0 Å². The lowest BCUT2D eigenvalue weighted by molar-refractivity contribution is -0.158. The van der Waals surface area contributed by atoms with Gasteiger partial charge >= 0.3 is 23.9 Å². The predicted molar refractivity (Wildman–Crippen MR) is 160 cm³/mol. The van der Waals surface area contributed by atoms with Gasteiger partial charge in [-0.2, -0.15) is 0 Å². The van der Waals surface area contributed by atoms with Crippen LogP contribution in [0, 0.1) is 0 Å². The molecule has 0 saturated heterocycles. The lowest BCUT2D eigenvalue weighted by atomic mass is 10.2. The van der Waals surface area contributed by atoms with Gasteiger partial charge in [0, 0.05) is 1.43 Å². The number of rotatable bonds is 10. The van der Waals surface area contributed by atoms with Crippen LogP contribution in [0.2, 0.25) is 0 Å². The molecule has 0 amide bonds. The van der Waals surface area contributed by atoms with Gasteiger partial charge in [0.1, 0.15) is 29.3 Å². The van der Waals surface area contributed by atoms with Crippen LogP contribution in [0.25, 0.3) is 0 Å². The Morgan fingerprint density at radius 3 is 1.44 bits per heavy atom. The molecule has 0 aliphatic rings. The number of esters is 3. The Kier molecular flexibility index (Phi) is 12.7. The minimum absolute atomic E-state index is 0. The topological polar surface area (TPSA) is 135 Å². The molecule has 3 aromatic rings. The monoisotopic (exact) mass is 596 g/mol. The van der Waals surface area contributed by atoms with Crippen molar-refractivity contribution in [2.75, 3.05) is 13.2 Å². The van der Waals surface area contributed by atoms with Crippen molar-refractivity contribution in [3.63, 3.8) is 0 Å². The highest BCUT2D eigenvalue weighted by atomic mass is 16.6. The number of ether oxygens (including phenoxy) is 5. The third-order valence-electron chi connectivity index (χ3n) is 4.96. The molecule has 10 heteroatoms. The van der Waals surface area contributed by atoms with E-state index in [-0.39, 0.29) is 26.8 Å². The summed E-state index contributed by atoms with van der Waals surface area (Å²) in [6.45, 7) is 10.5. The Morgan fingerprint density at radius 2 is 1.05 bits per heavy atom. The summed E-state index contributed by atoms with van der Waals surface area (Å²) in [4.78, 5) is 45.6. The van der Waals surface area contributed by atoms with E-state index in [1.807, 2.05) is 30.3 Å². The number of hydrogen-bond donors (Lipinski definition) is 1. The molecule has 0 bridgehead atoms. The SMILES string of the molecule is CC(C)(C)OC(=O)COc1ccc(C(=O)O)cc1.CC(C)(C)OC(=O)COc1ccc(C(=O)OCc2ccccc2)cc1.[HH]. The maximum absolute atomic E-state index is 12.0. The average molecular weight is 597 g/mol. The van der Waals surface area contributed by atoms with Crippen LogP contribution >= 0.6 is 0 Å². The molecule has 1 N–H and O–H groups in total. The van der Waals surface area contributed by atoms with Gasteiger partial charge in [-0.05, 0) is 95.6 Å². The quantitative estimate of drug-likeness (QED) is 0.216. The summed E-state index contributed by atoms with van der Waals surface area (Å²) in [6, 6.07) is 21.7. The smallest absolute Gasteiger partial charge is 0.344 e. The zero-order chi connectivity index (χ0) is 32.0. The lowest BCUT2D eigenvalue weighted by Gasteiger charge is -2.19. The molecule has 0 radical (unpaired) electrons. The fourth-order valence-corrected chi connectivity index (χ4v) is 3.21. The van der Waals surface area contributed by atoms with Crippen molar-refractivity contribution in [2.24, 2.45) is 0 Å². The molecular formula is C33H40O10. The normalized spacial score (nSPS) is 10.8. The summed E-state index contributed by atoms with van der Waals surface area (Å²) < 4.78 is 26.0. The summed E-state index contributed by atoms with van der Waals surface area (Å²) in [5, 5.41) is 8.71. The second-order valence-corrected chi connectivity index (χ2v) is 11.2. The summed E-state index contributed by atoms with van der Waals surface area (Å²) in [6.07, 6.45) is 0. The summed E-state index contributed by atoms with van der Waals surface area (Å²) in [5.74, 6) is -1.43. The van der Waals surface area contributed by atoms with Crippen molar-refractivity contribution in [3.05, 3.63) is 95.6 Å². The van der Waals surface area contributed by atoms with E-state index in [9.17, 15) is 19.2 Å². The Bertz CT molecular complexity index is 1340. The van der Waals surface area contributed by atoms with Crippen LogP contribution in [-0.2, 0) is 30.4 Å². The molecule has 3 rings (SSSR count). The number of carboxylic acids is 1. The number of benzene rings is 3. The van der Waals surface area contributed by atoms with Crippen molar-refractivity contribution in [1.29, 1.82) is 0 Å². The predicted octanol–water partition coefficient (Wildman–Crippen LogP) is 6.12. The highest BCUT2D eigenvalue weighted by Crippen LogP contribution is 2.15. The molecule has 43 heavy (non-hydrogen) atoms. The Balaban J connectivity index is 0.000000453. The first kappa shape index (κ1) is 34.3. The molecule has 0 aliphatic carbocycles. The minimum atomic E-state index is -1.01. The first-order chi connectivity index (χ1) is 20.1. The Hall–Kier alpha value is -4.86. The van der Waals surface area contributed by atoms with E-state index in [4.69, 9.17) is 28.8 Å². The largest absolute Gasteiger partial charge is 0.482 e. The van der Waals surface area contributed by atoms with Crippen LogP contribution in [0.15, 0.2) is 78.9 Å². The third-order valence-corrected chi connectivity index (χ3v) is 4.96. The van der Waals surface area contributed by atoms with E-state index in [0.717, 1.165) is 5.56 Å². The van der Waals surface area contributed by atoms with Gasteiger partial charge in [0.25, 0.3) is 0 Å². The second-order valence-electron chi connectivity index (χ2n) is 11.2. The molecule has 0 heterocycles. The molecule has 0 aromatic heterocycles. The summed E-state index contributed by atoms with van der Waals surface area (Å²) >= 11 is 0. The van der Waals surface area contributed by atoms with Crippen molar-refractivity contribution in [1.82, 2.24) is 0 Å². The Morgan fingerprint density at radius 1 is 0.628 bits per heavy atom. The highest BCUT2D eigenvalue weighted by molar-refractivity contribution is 5.89. The molecule has 0 spiro atoms. The molecule has 0 atom stereocenters. The van der Waals surface area contributed by atoms with Gasteiger partial charge in [0.15, 0.2) is 13.2 Å². The van der Waals surface area contributed by atoms with Crippen molar-refractivity contribution in [3.8, 4) is 11.5 Å². The summed E-state index contributed by atoms with van der Waals surface area (Å²) in [5.41, 5.74) is 0.411. The zero-order valence-electron chi connectivity index (χ0n) is 25.2. The van der Waals surface area contributed by atoms with E-state index in [0.29, 0.717) is 17.1 Å². The molecule has 0 saturated carbocycles. The van der Waals surface area contributed by atoms with Gasteiger partial charge < -0.3 is 28.8 Å². The van der Waals surface area contributed by atoms with Crippen molar-refractivity contribution < 1.29 is 49.4 Å². The third kappa shape index (κ3) is 14.6. The van der Waals surface area contributed by atoms with E-state index in [1.54, 1.807) is 65.8 Å². The van der Waals surface area contributed by atoms with Crippen molar-refractivity contribution >= 4 is 23.9 Å². The maximum Gasteiger partial charge on any atom is 0.344 e. The molecule has 10 nitrogen and oxygen atoms in total. The van der Waals surface area contributed by atoms with Crippen LogP contribution in [0.5, 0.6) is 11.5 Å². The first-order valence-corrected chi connectivity index (χ1v) is 13.4. The maximum atomic E-state index is 12.0. The molecular weight excluding hydrogens is 556 g/mol. The first-order valence-electron chi connectivity index (χ1n) is 13.4. The van der Waals surface area contributed by atoms with Gasteiger partial charge in [-0.3, -0.25) is 0 Å². The zero-order valence-corrected chi connectivity index (χ0v) is 25.2. The van der Waals surface area contributed by atoms with Crippen LogP contribution in [0.1, 0.15) is 69.2 Å². The van der Waals surface area contributed by atoms with Crippen molar-refractivity contribution in [2.45, 2.75) is 59.4 Å². The molecule has 232 valence electrons. The number of hydrogen-bond acceptors (Lipinski definition) is 9. The average Bonchev–Trinajstić information content (AvgIpc) is 2.93. The van der Waals surface area contributed by atoms with Crippen LogP contribution < -0.4 is 9.47 Å². The molecule has 0 unspecified atom stereocenters. The van der Waals surface area contributed by atoms with Crippen LogP contribution in [-0.4, -0.2) is 53.4 Å². The second kappa shape index (κ2) is 16.0. The van der Waals surface area contributed by atoms with Gasteiger partial charge in [-0.25, -0.2) is 19.2 Å². The molecule has 0 fully saturated rings. The van der Waals surface area contributed by atoms with E-state index in [2.05, 4.69) is 0 Å². The van der Waals surface area contributed by atoms with Crippen LogP contribution in [0.3, 0.4) is 0 Å². The van der Waals surface area contributed by atoms with Gasteiger partial charge in [0.2, 0.25) is 0 Å². The summed E-state index contributed by atoms with van der Waals surface area (Å²) in [7, 11) is 0. The standard InChI is InChI=1S/C20H22O5.C13H16O5.H2/c1-20(2,3)25-18(21)14-23-17-11-9-16(10-12-17)19(22)24-13-15-7-5-4-6-8-15;1-13(2,3)18-11(14)8-17-10-6-4-9(5-7-10)12(15)16;/h4-12H,13-14H2,1-3H3;4-7H,8H2,1-3H3,(H,15,16);1H. The van der Waals surface area contributed by atoms with Gasteiger partial charge in [-0.1, -0.05) is 30.3 Å². The highest BCUT2D eigenvalue weighted by Gasteiger charge is 2.17. The van der Waals surface area contributed by atoms with Crippen LogP contribution in [0.4, 0.5) is 0 Å². The van der Waals surface area contributed by atoms with Gasteiger partial charge in [0.05, 0.1) is 11.1 Å². The van der Waals surface area contributed by atoms with E-state index < -0.39 is 35.1 Å². The minimum Gasteiger partial charge on any atom is -0.482 e. The Labute approximate surface area is 253 Å². The number of aromatic carboxylic acids is 1. The van der Waals surface area contributed by atoms with E-state index >= 15 is 0 Å². The fraction of sp³-hybridized carbons (Fsp3) is 0.333. The number of carbonyl (C=O) groups is 4. The number of carboxylic acid groups (broad SMARTS) is 1.